The molecule has 2 N–H and O–H groups in total. The first-order valence-corrected chi connectivity index (χ1v) is 8.06. The maximum absolute atomic E-state index is 12.5. The number of carbonyl (C=O) groups excluding carboxylic acids is 1. The highest BCUT2D eigenvalue weighted by Crippen LogP contribution is 2.22. The molecule has 0 aromatic carbocycles. The zero-order valence-electron chi connectivity index (χ0n) is 12.7. The monoisotopic (exact) mass is 291 g/mol. The quantitative estimate of drug-likeness (QED) is 0.888. The van der Waals surface area contributed by atoms with E-state index in [-0.39, 0.29) is 18.1 Å². The average molecular weight is 291 g/mol. The molecule has 3 rings (SSSR count). The molecule has 0 saturated carbocycles. The Hall–Kier alpha value is -1.33. The highest BCUT2D eigenvalue weighted by atomic mass is 16.5. The summed E-state index contributed by atoms with van der Waals surface area (Å²) >= 11 is 0. The number of ether oxygens (including phenoxy) is 1. The van der Waals surface area contributed by atoms with Gasteiger partial charge in [-0.2, -0.15) is 0 Å². The first-order chi connectivity index (χ1) is 10.3. The van der Waals surface area contributed by atoms with Crippen LogP contribution in [0, 0.1) is 0 Å². The molecular weight excluding hydrogens is 266 g/mol. The number of carbonyl (C=O) groups is 1. The number of rotatable bonds is 4. The van der Waals surface area contributed by atoms with Crippen molar-refractivity contribution in [2.24, 2.45) is 0 Å². The molecule has 0 aliphatic carbocycles. The van der Waals surface area contributed by atoms with E-state index in [0.717, 1.165) is 51.1 Å². The summed E-state index contributed by atoms with van der Waals surface area (Å²) in [5.41, 5.74) is 0.770. The molecule has 2 aliphatic rings. The van der Waals surface area contributed by atoms with Crippen LogP contribution in [0.15, 0.2) is 18.3 Å². The van der Waals surface area contributed by atoms with E-state index in [1.165, 1.54) is 0 Å². The standard InChI is InChI=1S/C16H25N3O2/c1-12(15-5-3-11-21-15)18-16(20)14-4-2-10-19(14)13-6-8-17-9-7-13/h2,4,10,12-13,15,17H,3,5-9,11H2,1H3,(H,18,20). The van der Waals surface area contributed by atoms with Gasteiger partial charge in [-0.3, -0.25) is 4.79 Å². The van der Waals surface area contributed by atoms with E-state index >= 15 is 0 Å². The Bertz CT molecular complexity index is 474. The molecule has 2 aliphatic heterocycles. The van der Waals surface area contributed by atoms with E-state index in [2.05, 4.69) is 15.2 Å². The minimum atomic E-state index is 0.0153. The topological polar surface area (TPSA) is 55.3 Å². The van der Waals surface area contributed by atoms with Crippen LogP contribution in [0.3, 0.4) is 0 Å². The molecule has 2 saturated heterocycles. The molecule has 0 radical (unpaired) electrons. The SMILES string of the molecule is CC(NC(=O)c1cccn1C1CCNCC1)C1CCCO1. The second kappa shape index (κ2) is 6.62. The van der Waals surface area contributed by atoms with Crippen LogP contribution in [-0.2, 0) is 4.74 Å². The van der Waals surface area contributed by atoms with Crippen LogP contribution in [0.25, 0.3) is 0 Å². The Balaban J connectivity index is 1.65. The van der Waals surface area contributed by atoms with Gasteiger partial charge in [-0.1, -0.05) is 0 Å². The maximum atomic E-state index is 12.5. The van der Waals surface area contributed by atoms with Crippen molar-refractivity contribution in [3.8, 4) is 0 Å². The van der Waals surface area contributed by atoms with Gasteiger partial charge in [0.25, 0.3) is 5.91 Å². The lowest BCUT2D eigenvalue weighted by Crippen LogP contribution is -2.42. The summed E-state index contributed by atoms with van der Waals surface area (Å²) in [6, 6.07) is 4.38. The second-order valence-electron chi connectivity index (χ2n) is 6.10. The van der Waals surface area contributed by atoms with E-state index < -0.39 is 0 Å². The summed E-state index contributed by atoms with van der Waals surface area (Å²) in [6.07, 6.45) is 6.48. The predicted octanol–water partition coefficient (Wildman–Crippen LogP) is 1.71. The Morgan fingerprint density at radius 1 is 1.43 bits per heavy atom. The van der Waals surface area contributed by atoms with Crippen molar-refractivity contribution >= 4 is 5.91 Å². The van der Waals surface area contributed by atoms with Gasteiger partial charge in [-0.25, -0.2) is 0 Å². The molecule has 3 heterocycles. The number of nitrogens with zero attached hydrogens (tertiary/aromatic N) is 1. The summed E-state index contributed by atoms with van der Waals surface area (Å²) < 4.78 is 7.79. The van der Waals surface area contributed by atoms with Crippen LogP contribution in [0.5, 0.6) is 0 Å². The van der Waals surface area contributed by atoms with Crippen molar-refractivity contribution in [2.45, 2.75) is 50.8 Å². The minimum absolute atomic E-state index is 0.0153. The molecule has 1 aromatic rings. The summed E-state index contributed by atoms with van der Waals surface area (Å²) in [4.78, 5) is 12.5. The Morgan fingerprint density at radius 3 is 2.95 bits per heavy atom. The zero-order chi connectivity index (χ0) is 14.7. The predicted molar refractivity (Wildman–Crippen MR) is 81.5 cm³/mol. The number of amides is 1. The van der Waals surface area contributed by atoms with E-state index in [1.54, 1.807) is 0 Å². The second-order valence-corrected chi connectivity index (χ2v) is 6.10. The summed E-state index contributed by atoms with van der Waals surface area (Å²) in [5, 5.41) is 6.47. The molecule has 21 heavy (non-hydrogen) atoms. The maximum Gasteiger partial charge on any atom is 0.268 e. The van der Waals surface area contributed by atoms with Gasteiger partial charge in [0, 0.05) is 18.8 Å². The fourth-order valence-electron chi connectivity index (χ4n) is 3.36. The highest BCUT2D eigenvalue weighted by molar-refractivity contribution is 5.93. The van der Waals surface area contributed by atoms with Crippen LogP contribution in [0.2, 0.25) is 0 Å². The van der Waals surface area contributed by atoms with Crippen molar-refractivity contribution in [3.63, 3.8) is 0 Å². The Labute approximate surface area is 126 Å². The first-order valence-electron chi connectivity index (χ1n) is 8.06. The first kappa shape index (κ1) is 14.6. The molecule has 5 heteroatoms. The van der Waals surface area contributed by atoms with Gasteiger partial charge in [0.15, 0.2) is 0 Å². The third-order valence-corrected chi connectivity index (χ3v) is 4.59. The fourth-order valence-corrected chi connectivity index (χ4v) is 3.36. The number of nitrogens with one attached hydrogen (secondary N) is 2. The molecule has 2 unspecified atom stereocenters. The number of hydrogen-bond acceptors (Lipinski definition) is 3. The van der Waals surface area contributed by atoms with Gasteiger partial charge in [0.05, 0.1) is 12.1 Å². The summed E-state index contributed by atoms with van der Waals surface area (Å²) in [6.45, 7) is 4.90. The third-order valence-electron chi connectivity index (χ3n) is 4.59. The van der Waals surface area contributed by atoms with Crippen LogP contribution in [0.4, 0.5) is 0 Å². The van der Waals surface area contributed by atoms with Crippen LogP contribution < -0.4 is 10.6 Å². The number of aromatic nitrogens is 1. The smallest absolute Gasteiger partial charge is 0.268 e. The minimum Gasteiger partial charge on any atom is -0.376 e. The van der Waals surface area contributed by atoms with Gasteiger partial charge in [0.2, 0.25) is 0 Å². The van der Waals surface area contributed by atoms with Gasteiger partial charge < -0.3 is 19.9 Å². The lowest BCUT2D eigenvalue weighted by molar-refractivity contribution is 0.0705. The molecule has 1 amide bonds. The number of hydrogen-bond donors (Lipinski definition) is 2. The molecule has 1 aromatic heterocycles. The molecule has 5 nitrogen and oxygen atoms in total. The van der Waals surface area contributed by atoms with Crippen molar-refractivity contribution < 1.29 is 9.53 Å². The molecule has 2 atom stereocenters. The lowest BCUT2D eigenvalue weighted by Gasteiger charge is -2.26. The van der Waals surface area contributed by atoms with Crippen LogP contribution >= 0.6 is 0 Å². The highest BCUT2D eigenvalue weighted by Gasteiger charge is 2.26. The van der Waals surface area contributed by atoms with Gasteiger partial charge in [-0.05, 0) is 57.8 Å². The molecule has 2 fully saturated rings. The van der Waals surface area contributed by atoms with Crippen molar-refractivity contribution in [2.75, 3.05) is 19.7 Å². The van der Waals surface area contributed by atoms with Gasteiger partial charge in [0.1, 0.15) is 5.69 Å². The molecule has 0 spiro atoms. The zero-order valence-corrected chi connectivity index (χ0v) is 12.7. The molecule has 0 bridgehead atoms. The van der Waals surface area contributed by atoms with Crippen LogP contribution in [0.1, 0.15) is 49.1 Å². The summed E-state index contributed by atoms with van der Waals surface area (Å²) in [7, 11) is 0. The van der Waals surface area contributed by atoms with E-state index in [0.29, 0.717) is 6.04 Å². The van der Waals surface area contributed by atoms with Crippen LogP contribution in [-0.4, -0.2) is 42.3 Å². The average Bonchev–Trinajstić information content (AvgIpc) is 3.19. The van der Waals surface area contributed by atoms with Gasteiger partial charge in [-0.15, -0.1) is 0 Å². The van der Waals surface area contributed by atoms with E-state index in [9.17, 15) is 4.79 Å². The van der Waals surface area contributed by atoms with Crippen molar-refractivity contribution in [1.82, 2.24) is 15.2 Å². The number of piperidine rings is 1. The third kappa shape index (κ3) is 3.30. The van der Waals surface area contributed by atoms with Crippen molar-refractivity contribution in [1.29, 1.82) is 0 Å². The molecular formula is C16H25N3O2. The lowest BCUT2D eigenvalue weighted by atomic mass is 10.1. The Kier molecular flexibility index (Phi) is 4.60. The van der Waals surface area contributed by atoms with Gasteiger partial charge >= 0.3 is 0 Å². The summed E-state index contributed by atoms with van der Waals surface area (Å²) in [5.74, 6) is 0.0153. The largest absolute Gasteiger partial charge is 0.376 e. The normalized spacial score (nSPS) is 24.9. The van der Waals surface area contributed by atoms with Crippen molar-refractivity contribution in [3.05, 3.63) is 24.0 Å². The Morgan fingerprint density at radius 2 is 2.24 bits per heavy atom. The van der Waals surface area contributed by atoms with E-state index in [4.69, 9.17) is 4.74 Å². The molecule has 116 valence electrons. The van der Waals surface area contributed by atoms with E-state index in [1.807, 2.05) is 25.3 Å². The fraction of sp³-hybridized carbons (Fsp3) is 0.688.